The predicted molar refractivity (Wildman–Crippen MR) is 51.1 cm³/mol. The molecule has 0 amide bonds. The van der Waals surface area contributed by atoms with Crippen molar-refractivity contribution in [3.05, 3.63) is 34.9 Å². The van der Waals surface area contributed by atoms with E-state index >= 15 is 0 Å². The van der Waals surface area contributed by atoms with Crippen LogP contribution in [-0.4, -0.2) is 6.54 Å². The van der Waals surface area contributed by atoms with E-state index < -0.39 is 23.7 Å². The Morgan fingerprint density at radius 3 is 2.40 bits per heavy atom. The quantitative estimate of drug-likeness (QED) is 0.823. The van der Waals surface area contributed by atoms with E-state index in [2.05, 4.69) is 0 Å². The van der Waals surface area contributed by atoms with E-state index in [1.165, 1.54) is 6.07 Å². The normalized spacial score (nSPS) is 17.9. The Morgan fingerprint density at radius 1 is 1.27 bits per heavy atom. The lowest BCUT2D eigenvalue weighted by atomic mass is 9.94. The van der Waals surface area contributed by atoms with Gasteiger partial charge >= 0.3 is 0 Å². The lowest BCUT2D eigenvalue weighted by Crippen LogP contribution is -2.21. The summed E-state index contributed by atoms with van der Waals surface area (Å²) in [4.78, 5) is 0. The van der Waals surface area contributed by atoms with Crippen molar-refractivity contribution in [3.8, 4) is 0 Å². The highest BCUT2D eigenvalue weighted by Gasteiger charge is 2.45. The van der Waals surface area contributed by atoms with Crippen molar-refractivity contribution in [2.75, 3.05) is 6.54 Å². The molecular weight excluding hydrogens is 203 g/mol. The smallest absolute Gasteiger partial charge is 0.162 e. The molecule has 0 bridgehead atoms. The number of nitrogens with two attached hydrogens (primary N) is 1. The van der Waals surface area contributed by atoms with E-state index in [9.17, 15) is 13.2 Å². The average Bonchev–Trinajstić information content (AvgIpc) is 3.02. The van der Waals surface area contributed by atoms with Crippen LogP contribution in [0.5, 0.6) is 0 Å². The van der Waals surface area contributed by atoms with Crippen molar-refractivity contribution in [3.63, 3.8) is 0 Å². The van der Waals surface area contributed by atoms with Crippen LogP contribution in [0.1, 0.15) is 24.0 Å². The van der Waals surface area contributed by atoms with Gasteiger partial charge in [-0.05, 0) is 36.1 Å². The van der Waals surface area contributed by atoms with Gasteiger partial charge < -0.3 is 5.73 Å². The van der Waals surface area contributed by atoms with Gasteiger partial charge in [0.25, 0.3) is 0 Å². The van der Waals surface area contributed by atoms with Gasteiger partial charge in [-0.1, -0.05) is 0 Å². The molecule has 82 valence electrons. The first kappa shape index (κ1) is 10.5. The second kappa shape index (κ2) is 3.52. The molecule has 1 saturated carbocycles. The maximum absolute atomic E-state index is 13.5. The third kappa shape index (κ3) is 1.63. The molecule has 0 spiro atoms. The Kier molecular flexibility index (Phi) is 2.46. The summed E-state index contributed by atoms with van der Waals surface area (Å²) in [5, 5.41) is 0. The summed E-state index contributed by atoms with van der Waals surface area (Å²) in [6.07, 6.45) is 1.49. The van der Waals surface area contributed by atoms with Gasteiger partial charge in [-0.2, -0.15) is 0 Å². The first-order valence-corrected chi connectivity index (χ1v) is 4.87. The van der Waals surface area contributed by atoms with Gasteiger partial charge in [-0.25, -0.2) is 13.2 Å². The van der Waals surface area contributed by atoms with Crippen LogP contribution in [0.3, 0.4) is 0 Å². The van der Waals surface area contributed by atoms with E-state index in [0.29, 0.717) is 0 Å². The highest BCUT2D eigenvalue weighted by atomic mass is 19.2. The van der Waals surface area contributed by atoms with Crippen molar-refractivity contribution in [1.29, 1.82) is 0 Å². The molecule has 1 aliphatic carbocycles. The van der Waals surface area contributed by atoms with Crippen LogP contribution < -0.4 is 5.73 Å². The second-order valence-corrected chi connectivity index (χ2v) is 4.06. The fourth-order valence-corrected chi connectivity index (χ4v) is 1.84. The highest BCUT2D eigenvalue weighted by molar-refractivity contribution is 5.37. The zero-order valence-electron chi connectivity index (χ0n) is 8.19. The van der Waals surface area contributed by atoms with Crippen LogP contribution >= 0.6 is 0 Å². The van der Waals surface area contributed by atoms with Crippen molar-refractivity contribution in [2.24, 2.45) is 5.73 Å². The summed E-state index contributed by atoms with van der Waals surface area (Å²) in [5.74, 6) is -1.87. The van der Waals surface area contributed by atoms with Crippen LogP contribution in [0, 0.1) is 11.6 Å². The molecule has 1 nitrogen and oxygen atoms in total. The Bertz CT molecular complexity index is 386. The van der Waals surface area contributed by atoms with Crippen LogP contribution in [0.15, 0.2) is 12.1 Å². The molecule has 0 heterocycles. The largest absolute Gasteiger partial charge is 0.330 e. The number of hydrogen-bond acceptors (Lipinski definition) is 1. The summed E-state index contributed by atoms with van der Waals surface area (Å²) in [5.41, 5.74) is 5.48. The van der Waals surface area contributed by atoms with E-state index in [1.54, 1.807) is 0 Å². The van der Waals surface area contributed by atoms with Crippen molar-refractivity contribution < 1.29 is 13.2 Å². The zero-order valence-corrected chi connectivity index (χ0v) is 8.19. The van der Waals surface area contributed by atoms with E-state index in [-0.39, 0.29) is 17.7 Å². The first-order chi connectivity index (χ1) is 7.13. The fourth-order valence-electron chi connectivity index (χ4n) is 1.84. The van der Waals surface area contributed by atoms with Gasteiger partial charge in [0, 0.05) is 12.0 Å². The molecule has 0 aliphatic heterocycles. The molecule has 1 aliphatic rings. The predicted octanol–water partition coefficient (Wildman–Crippen LogP) is 2.42. The molecule has 1 aromatic rings. The van der Waals surface area contributed by atoms with Gasteiger partial charge in [0.05, 0.1) is 0 Å². The third-order valence-electron chi connectivity index (χ3n) is 3.06. The summed E-state index contributed by atoms with van der Waals surface area (Å²) < 4.78 is 39.0. The summed E-state index contributed by atoms with van der Waals surface area (Å²) in [6, 6.07) is 2.28. The van der Waals surface area contributed by atoms with Crippen LogP contribution in [-0.2, 0) is 12.1 Å². The molecule has 4 heteroatoms. The van der Waals surface area contributed by atoms with E-state index in [4.69, 9.17) is 5.73 Å². The molecule has 1 fully saturated rings. The first-order valence-electron chi connectivity index (χ1n) is 4.87. The molecule has 0 atom stereocenters. The Labute approximate surface area is 86.1 Å². The summed E-state index contributed by atoms with van der Waals surface area (Å²) in [6.45, 7) is -0.510. The molecule has 2 rings (SSSR count). The molecule has 1 aromatic carbocycles. The minimum Gasteiger partial charge on any atom is -0.330 e. The average molecular weight is 215 g/mol. The summed E-state index contributed by atoms with van der Waals surface area (Å²) in [7, 11) is 0. The molecule has 2 N–H and O–H groups in total. The Balaban J connectivity index is 2.50. The van der Waals surface area contributed by atoms with Gasteiger partial charge in [-0.15, -0.1) is 0 Å². The molecule has 0 unspecified atom stereocenters. The number of alkyl halides is 1. The monoisotopic (exact) mass is 215 g/mol. The van der Waals surface area contributed by atoms with Crippen LogP contribution in [0.4, 0.5) is 13.2 Å². The maximum Gasteiger partial charge on any atom is 0.162 e. The Morgan fingerprint density at radius 2 is 1.93 bits per heavy atom. The topological polar surface area (TPSA) is 26.0 Å². The minimum atomic E-state index is -0.986. The van der Waals surface area contributed by atoms with Gasteiger partial charge in [-0.3, -0.25) is 0 Å². The SMILES string of the molecule is NCC1(c2cc(CF)cc(F)c2F)CC1. The molecular formula is C11H12F3N. The standard InChI is InChI=1S/C11H12F3N/c12-5-7-3-8(10(14)9(13)4-7)11(6-15)1-2-11/h3-4H,1-2,5-6,15H2. The van der Waals surface area contributed by atoms with Crippen LogP contribution in [0.25, 0.3) is 0 Å². The van der Waals surface area contributed by atoms with Crippen LogP contribution in [0.2, 0.25) is 0 Å². The number of halogens is 3. The zero-order chi connectivity index (χ0) is 11.1. The van der Waals surface area contributed by atoms with Gasteiger partial charge in [0.1, 0.15) is 6.67 Å². The Hall–Kier alpha value is -1.03. The van der Waals surface area contributed by atoms with E-state index in [1.807, 2.05) is 0 Å². The van der Waals surface area contributed by atoms with Gasteiger partial charge in [0.2, 0.25) is 0 Å². The second-order valence-electron chi connectivity index (χ2n) is 4.06. The third-order valence-corrected chi connectivity index (χ3v) is 3.06. The lowest BCUT2D eigenvalue weighted by Gasteiger charge is -2.15. The summed E-state index contributed by atoms with van der Waals surface area (Å²) >= 11 is 0. The molecule has 15 heavy (non-hydrogen) atoms. The number of rotatable bonds is 3. The molecule has 0 saturated heterocycles. The maximum atomic E-state index is 13.5. The lowest BCUT2D eigenvalue weighted by molar-refractivity contribution is 0.461. The van der Waals surface area contributed by atoms with Crippen molar-refractivity contribution >= 4 is 0 Å². The van der Waals surface area contributed by atoms with E-state index in [0.717, 1.165) is 18.9 Å². The highest BCUT2D eigenvalue weighted by Crippen LogP contribution is 2.48. The molecule has 0 aromatic heterocycles. The number of hydrogen-bond donors (Lipinski definition) is 1. The minimum absolute atomic E-state index is 0.170. The number of benzene rings is 1. The molecule has 0 radical (unpaired) electrons. The fraction of sp³-hybridized carbons (Fsp3) is 0.455. The van der Waals surface area contributed by atoms with Crippen molar-refractivity contribution in [2.45, 2.75) is 24.9 Å². The van der Waals surface area contributed by atoms with Crippen molar-refractivity contribution in [1.82, 2.24) is 0 Å². The van der Waals surface area contributed by atoms with Gasteiger partial charge in [0.15, 0.2) is 11.6 Å².